The van der Waals surface area contributed by atoms with Crippen LogP contribution in [0.15, 0.2) is 24.3 Å². The van der Waals surface area contributed by atoms with E-state index in [0.717, 1.165) is 64.2 Å². The molecule has 6 heteroatoms. The van der Waals surface area contributed by atoms with Gasteiger partial charge in [0.1, 0.15) is 6.10 Å². The van der Waals surface area contributed by atoms with E-state index in [1.165, 1.54) is 154 Å². The zero-order chi connectivity index (χ0) is 41.7. The van der Waals surface area contributed by atoms with Gasteiger partial charge in [0.05, 0.1) is 25.2 Å². The SMILES string of the molecule is CCCCCCCCC/C=C/C=C/CCCCCC(=O)OC(CCCCCCCCCCCCC)CC(=O)NC(CO)C(O)CCCCCCCCCCCCC. The van der Waals surface area contributed by atoms with Crippen LogP contribution in [0.25, 0.3) is 0 Å². The highest BCUT2D eigenvalue weighted by Gasteiger charge is 2.24. The maximum atomic E-state index is 13.2. The Bertz CT molecular complexity index is 904. The highest BCUT2D eigenvalue weighted by molar-refractivity contribution is 5.77. The smallest absolute Gasteiger partial charge is 0.306 e. The van der Waals surface area contributed by atoms with Crippen LogP contribution in [-0.4, -0.2) is 46.9 Å². The van der Waals surface area contributed by atoms with Gasteiger partial charge in [-0.25, -0.2) is 0 Å². The van der Waals surface area contributed by atoms with E-state index in [4.69, 9.17) is 4.74 Å². The molecule has 0 heterocycles. The van der Waals surface area contributed by atoms with Crippen LogP contribution < -0.4 is 5.32 Å². The molecule has 0 bridgehead atoms. The van der Waals surface area contributed by atoms with Gasteiger partial charge in [0, 0.05) is 6.42 Å². The van der Waals surface area contributed by atoms with Gasteiger partial charge >= 0.3 is 5.97 Å². The lowest BCUT2D eigenvalue weighted by Crippen LogP contribution is -2.46. The number of aliphatic hydroxyl groups excluding tert-OH is 2. The normalized spacial score (nSPS) is 13.4. The second-order valence-electron chi connectivity index (χ2n) is 17.3. The minimum atomic E-state index is -0.786. The molecule has 0 radical (unpaired) electrons. The van der Waals surface area contributed by atoms with Crippen LogP contribution >= 0.6 is 0 Å². The number of unbranched alkanes of at least 4 members (excludes halogenated alkanes) is 30. The predicted octanol–water partition coefficient (Wildman–Crippen LogP) is 14.7. The standard InChI is InChI=1S/C51H97NO5/c1-4-7-10-13-16-19-22-23-24-25-26-29-32-35-38-41-44-51(56)57-47(42-39-36-33-30-27-20-17-14-11-8-5-2)45-50(55)52-48(46-53)49(54)43-40-37-34-31-28-21-18-15-12-9-6-3/h24-26,29,47-49,53-54H,4-23,27-28,30-46H2,1-3H3,(H,52,55)/b25-24+,29-26+. The summed E-state index contributed by atoms with van der Waals surface area (Å²) in [6, 6.07) is -0.700. The lowest BCUT2D eigenvalue weighted by atomic mass is 10.0. The summed E-state index contributed by atoms with van der Waals surface area (Å²) in [6.45, 7) is 6.47. The van der Waals surface area contributed by atoms with E-state index in [9.17, 15) is 19.8 Å². The van der Waals surface area contributed by atoms with Crippen molar-refractivity contribution in [3.8, 4) is 0 Å². The van der Waals surface area contributed by atoms with Crippen LogP contribution in [0.1, 0.15) is 265 Å². The fourth-order valence-corrected chi connectivity index (χ4v) is 7.72. The summed E-state index contributed by atoms with van der Waals surface area (Å²) in [4.78, 5) is 26.0. The maximum absolute atomic E-state index is 13.2. The molecule has 3 unspecified atom stereocenters. The summed E-state index contributed by atoms with van der Waals surface area (Å²) < 4.78 is 5.91. The Kier molecular flexibility index (Phi) is 44.1. The van der Waals surface area contributed by atoms with Crippen LogP contribution in [0.3, 0.4) is 0 Å². The lowest BCUT2D eigenvalue weighted by molar-refractivity contribution is -0.151. The van der Waals surface area contributed by atoms with Crippen LogP contribution in [0.2, 0.25) is 0 Å². The molecule has 0 saturated carbocycles. The molecular formula is C51H97NO5. The van der Waals surface area contributed by atoms with E-state index >= 15 is 0 Å². The van der Waals surface area contributed by atoms with Gasteiger partial charge in [0.15, 0.2) is 0 Å². The number of hydrogen-bond acceptors (Lipinski definition) is 5. The van der Waals surface area contributed by atoms with Gasteiger partial charge in [-0.2, -0.15) is 0 Å². The van der Waals surface area contributed by atoms with Crippen molar-refractivity contribution in [1.82, 2.24) is 5.32 Å². The fraction of sp³-hybridized carbons (Fsp3) is 0.882. The van der Waals surface area contributed by atoms with E-state index in [2.05, 4.69) is 50.4 Å². The first-order chi connectivity index (χ1) is 28.0. The summed E-state index contributed by atoms with van der Waals surface area (Å²) in [5.41, 5.74) is 0. The predicted molar refractivity (Wildman–Crippen MR) is 246 cm³/mol. The molecule has 3 N–H and O–H groups in total. The Morgan fingerprint density at radius 3 is 1.30 bits per heavy atom. The van der Waals surface area contributed by atoms with Crippen molar-refractivity contribution in [1.29, 1.82) is 0 Å². The van der Waals surface area contributed by atoms with E-state index in [0.29, 0.717) is 19.3 Å². The van der Waals surface area contributed by atoms with Crippen molar-refractivity contribution in [3.63, 3.8) is 0 Å². The molecule has 3 atom stereocenters. The zero-order valence-corrected chi connectivity index (χ0v) is 38.2. The fourth-order valence-electron chi connectivity index (χ4n) is 7.72. The second-order valence-corrected chi connectivity index (χ2v) is 17.3. The monoisotopic (exact) mass is 804 g/mol. The van der Waals surface area contributed by atoms with Crippen molar-refractivity contribution in [2.75, 3.05) is 6.61 Å². The molecule has 6 nitrogen and oxygen atoms in total. The molecule has 0 saturated heterocycles. The first-order valence-corrected chi connectivity index (χ1v) is 25.1. The molecule has 1 amide bonds. The summed E-state index contributed by atoms with van der Waals surface area (Å²) in [6.07, 6.45) is 50.9. The third-order valence-corrected chi connectivity index (χ3v) is 11.6. The summed E-state index contributed by atoms with van der Waals surface area (Å²) in [5, 5.41) is 23.7. The molecule has 0 aliphatic heterocycles. The highest BCUT2D eigenvalue weighted by Crippen LogP contribution is 2.18. The van der Waals surface area contributed by atoms with Crippen LogP contribution in [0.4, 0.5) is 0 Å². The molecule has 0 rings (SSSR count). The van der Waals surface area contributed by atoms with E-state index in [1.54, 1.807) is 0 Å². The minimum Gasteiger partial charge on any atom is -0.462 e. The van der Waals surface area contributed by atoms with Crippen molar-refractivity contribution >= 4 is 11.9 Å². The molecule has 0 aromatic rings. The Morgan fingerprint density at radius 2 is 0.877 bits per heavy atom. The number of carbonyl (C=O) groups excluding carboxylic acids is 2. The Labute approximate surface area is 354 Å². The van der Waals surface area contributed by atoms with Gasteiger partial charge in [-0.1, -0.05) is 225 Å². The third-order valence-electron chi connectivity index (χ3n) is 11.6. The number of allylic oxidation sites excluding steroid dienone is 4. The number of ether oxygens (including phenoxy) is 1. The molecular weight excluding hydrogens is 707 g/mol. The zero-order valence-electron chi connectivity index (χ0n) is 38.2. The number of amides is 1. The molecule has 0 aliphatic rings. The van der Waals surface area contributed by atoms with Crippen LogP contribution in [-0.2, 0) is 14.3 Å². The molecule has 336 valence electrons. The van der Waals surface area contributed by atoms with Gasteiger partial charge in [-0.15, -0.1) is 0 Å². The Balaban J connectivity index is 4.57. The molecule has 0 aromatic carbocycles. The van der Waals surface area contributed by atoms with Gasteiger partial charge < -0.3 is 20.3 Å². The van der Waals surface area contributed by atoms with Gasteiger partial charge in [0.25, 0.3) is 0 Å². The van der Waals surface area contributed by atoms with Crippen molar-refractivity contribution in [2.24, 2.45) is 0 Å². The second kappa shape index (κ2) is 45.4. The number of aliphatic hydroxyl groups is 2. The largest absolute Gasteiger partial charge is 0.462 e. The maximum Gasteiger partial charge on any atom is 0.306 e. The molecule has 0 spiro atoms. The molecule has 0 fully saturated rings. The minimum absolute atomic E-state index is 0.0719. The van der Waals surface area contributed by atoms with Crippen molar-refractivity contribution in [2.45, 2.75) is 283 Å². The number of carbonyl (C=O) groups is 2. The highest BCUT2D eigenvalue weighted by atomic mass is 16.5. The average Bonchev–Trinajstić information content (AvgIpc) is 3.20. The van der Waals surface area contributed by atoms with Crippen LogP contribution in [0.5, 0.6) is 0 Å². The Hall–Kier alpha value is -1.66. The number of nitrogens with one attached hydrogen (secondary N) is 1. The molecule has 0 aliphatic carbocycles. The quantitative estimate of drug-likeness (QED) is 0.0324. The van der Waals surface area contributed by atoms with E-state index in [-0.39, 0.29) is 24.9 Å². The first kappa shape index (κ1) is 55.3. The summed E-state index contributed by atoms with van der Waals surface area (Å²) in [7, 11) is 0. The summed E-state index contributed by atoms with van der Waals surface area (Å²) >= 11 is 0. The van der Waals surface area contributed by atoms with E-state index in [1.807, 2.05) is 0 Å². The first-order valence-electron chi connectivity index (χ1n) is 25.1. The van der Waals surface area contributed by atoms with Gasteiger partial charge in [0.2, 0.25) is 5.91 Å². The van der Waals surface area contributed by atoms with Gasteiger partial charge in [-0.05, 0) is 51.4 Å². The number of esters is 1. The molecule has 0 aromatic heterocycles. The topological polar surface area (TPSA) is 95.9 Å². The van der Waals surface area contributed by atoms with E-state index < -0.39 is 18.2 Å². The number of hydrogen-bond donors (Lipinski definition) is 3. The van der Waals surface area contributed by atoms with Crippen molar-refractivity contribution < 1.29 is 24.5 Å². The summed E-state index contributed by atoms with van der Waals surface area (Å²) in [5.74, 6) is -0.494. The number of rotatable bonds is 45. The van der Waals surface area contributed by atoms with Crippen molar-refractivity contribution in [3.05, 3.63) is 24.3 Å². The van der Waals surface area contributed by atoms with Gasteiger partial charge in [-0.3, -0.25) is 9.59 Å². The third kappa shape index (κ3) is 40.9. The average molecular weight is 804 g/mol. The van der Waals surface area contributed by atoms with Crippen LogP contribution in [0, 0.1) is 0 Å². The molecule has 57 heavy (non-hydrogen) atoms. The lowest BCUT2D eigenvalue weighted by Gasteiger charge is -2.24. The Morgan fingerprint density at radius 1 is 0.509 bits per heavy atom.